The van der Waals surface area contributed by atoms with Crippen LogP contribution in [0.5, 0.6) is 23.0 Å². The summed E-state index contributed by atoms with van der Waals surface area (Å²) in [6.45, 7) is 2.03. The second-order valence-electron chi connectivity index (χ2n) is 6.92. The van der Waals surface area contributed by atoms with E-state index in [4.69, 9.17) is 30.4 Å². The van der Waals surface area contributed by atoms with E-state index in [1.54, 1.807) is 74.5 Å². The summed E-state index contributed by atoms with van der Waals surface area (Å²) in [5, 5.41) is 9.12. The maximum atomic E-state index is 6.01. The highest BCUT2D eigenvalue weighted by atomic mass is 35.5. The molecule has 0 unspecified atom stereocenters. The molecule has 0 spiro atoms. The van der Waals surface area contributed by atoms with E-state index < -0.39 is 0 Å². The molecule has 0 radical (unpaired) electrons. The van der Waals surface area contributed by atoms with Gasteiger partial charge in [0.1, 0.15) is 34.4 Å². The predicted molar refractivity (Wildman–Crippen MR) is 128 cm³/mol. The van der Waals surface area contributed by atoms with Crippen LogP contribution in [0.3, 0.4) is 0 Å². The zero-order valence-electron chi connectivity index (χ0n) is 19.8. The Morgan fingerprint density at radius 3 is 1.68 bits per heavy atom. The van der Waals surface area contributed by atoms with Gasteiger partial charge in [-0.25, -0.2) is 0 Å². The molecule has 1 aromatic heterocycles. The number of nitrogen functional groups attached to an aromatic ring is 2. The molecule has 10 nitrogen and oxygen atoms in total. The first-order valence-corrected chi connectivity index (χ1v) is 10.2. The normalized spacial score (nSPS) is 11.0. The van der Waals surface area contributed by atoms with Crippen LogP contribution < -0.4 is 47.5 Å². The van der Waals surface area contributed by atoms with Crippen molar-refractivity contribution in [3.05, 3.63) is 53.6 Å². The summed E-state index contributed by atoms with van der Waals surface area (Å²) in [5.41, 5.74) is 14.5. The molecular weight excluding hydrogens is 460 g/mol. The first-order chi connectivity index (χ1) is 15.9. The number of nitrogens with zero attached hydrogens (tertiary/aromatic N) is 4. The van der Waals surface area contributed by atoms with Gasteiger partial charge in [0.15, 0.2) is 12.4 Å². The lowest BCUT2D eigenvalue weighted by atomic mass is 10.2. The Hall–Kier alpha value is -3.92. The Balaban J connectivity index is 0.00000408. The molecule has 0 aliphatic rings. The topological polar surface area (TPSA) is 122 Å². The average Bonchev–Trinajstić information content (AvgIpc) is 3.24. The second-order valence-corrected chi connectivity index (χ2v) is 6.92. The molecule has 182 valence electrons. The summed E-state index contributed by atoms with van der Waals surface area (Å²) >= 11 is 0. The number of hydrogen-bond donors (Lipinski definition) is 2. The zero-order chi connectivity index (χ0) is 24.0. The number of halogens is 1. The van der Waals surface area contributed by atoms with Crippen LogP contribution in [-0.4, -0.2) is 45.5 Å². The van der Waals surface area contributed by atoms with Crippen molar-refractivity contribution in [1.29, 1.82) is 0 Å². The van der Waals surface area contributed by atoms with Gasteiger partial charge in [0.05, 0.1) is 47.3 Å². The van der Waals surface area contributed by atoms with Crippen LogP contribution in [0.1, 0.15) is 23.9 Å². The molecule has 0 saturated carbocycles. The molecule has 0 atom stereocenters. The summed E-state index contributed by atoms with van der Waals surface area (Å²) in [6.07, 6.45) is 7.75. The molecule has 0 amide bonds. The molecule has 0 bridgehead atoms. The third-order valence-electron chi connectivity index (χ3n) is 4.99. The fourth-order valence-electron chi connectivity index (χ4n) is 3.26. The maximum absolute atomic E-state index is 6.01. The molecule has 3 rings (SSSR count). The van der Waals surface area contributed by atoms with Crippen LogP contribution in [0.25, 0.3) is 0 Å². The van der Waals surface area contributed by atoms with E-state index in [0.29, 0.717) is 40.8 Å². The van der Waals surface area contributed by atoms with Crippen LogP contribution in [-0.2, 0) is 6.42 Å². The molecule has 0 saturated heterocycles. The van der Waals surface area contributed by atoms with E-state index in [0.717, 1.165) is 17.0 Å². The van der Waals surface area contributed by atoms with Gasteiger partial charge in [0, 0.05) is 11.1 Å². The van der Waals surface area contributed by atoms with E-state index in [-0.39, 0.29) is 12.4 Å². The number of anilines is 2. The summed E-state index contributed by atoms with van der Waals surface area (Å²) < 4.78 is 24.8. The SMILES string of the molecule is CCc1n(/N=C/c2cc(OC)c(N)c(OC)c2)cc[n+]1/N=C/c1cc(OC)c(N)c(OC)c1.[Cl-]. The summed E-state index contributed by atoms with van der Waals surface area (Å²) in [6, 6.07) is 7.18. The highest BCUT2D eigenvalue weighted by Gasteiger charge is 2.16. The third kappa shape index (κ3) is 5.52. The molecule has 2 aromatic carbocycles. The number of benzene rings is 2. The Morgan fingerprint density at radius 1 is 0.824 bits per heavy atom. The van der Waals surface area contributed by atoms with Crippen molar-refractivity contribution in [2.24, 2.45) is 10.2 Å². The van der Waals surface area contributed by atoms with Gasteiger partial charge < -0.3 is 42.8 Å². The van der Waals surface area contributed by atoms with Crippen LogP contribution in [0, 0.1) is 0 Å². The molecule has 1 heterocycles. The zero-order valence-corrected chi connectivity index (χ0v) is 20.5. The van der Waals surface area contributed by atoms with Crippen molar-refractivity contribution < 1.29 is 36.0 Å². The number of rotatable bonds is 9. The molecule has 11 heteroatoms. The van der Waals surface area contributed by atoms with Gasteiger partial charge in [-0.15, -0.1) is 9.35 Å². The summed E-state index contributed by atoms with van der Waals surface area (Å²) in [4.78, 5) is 0. The monoisotopic (exact) mass is 488 g/mol. The minimum atomic E-state index is 0. The van der Waals surface area contributed by atoms with E-state index in [9.17, 15) is 0 Å². The van der Waals surface area contributed by atoms with Crippen molar-refractivity contribution in [1.82, 2.24) is 4.68 Å². The largest absolute Gasteiger partial charge is 1.00 e. The summed E-state index contributed by atoms with van der Waals surface area (Å²) in [7, 11) is 6.22. The number of imidazole rings is 1. The summed E-state index contributed by atoms with van der Waals surface area (Å²) in [5.74, 6) is 2.95. The lowest BCUT2D eigenvalue weighted by molar-refractivity contribution is -0.685. The van der Waals surface area contributed by atoms with Crippen LogP contribution >= 0.6 is 0 Å². The van der Waals surface area contributed by atoms with Gasteiger partial charge in [-0.1, -0.05) is 17.1 Å². The first kappa shape index (κ1) is 26.3. The Kier molecular flexibility index (Phi) is 9.14. The first-order valence-electron chi connectivity index (χ1n) is 10.2. The van der Waals surface area contributed by atoms with Gasteiger partial charge in [-0.05, 0) is 24.3 Å². The van der Waals surface area contributed by atoms with Crippen molar-refractivity contribution >= 4 is 23.8 Å². The number of methoxy groups -OCH3 is 4. The van der Waals surface area contributed by atoms with Crippen molar-refractivity contribution in [3.8, 4) is 23.0 Å². The minimum absolute atomic E-state index is 0. The van der Waals surface area contributed by atoms with E-state index in [2.05, 4.69) is 10.2 Å². The van der Waals surface area contributed by atoms with Crippen molar-refractivity contribution in [3.63, 3.8) is 0 Å². The fourth-order valence-corrected chi connectivity index (χ4v) is 3.26. The standard InChI is InChI=1S/C23H29N6O4.ClH/c1-6-21-28(26-13-15-9-17(30-2)22(24)18(10-15)31-3)7-8-29(21)27-14-16-11-19(32-4)23(25)20(12-16)33-5;/h7-14H,6,24-25H2,1-5H3;1H/q+1;/p-1/b26-13+,27-14+;. The molecular formula is C23H29ClN6O4. The Labute approximate surface area is 204 Å². The van der Waals surface area contributed by atoms with E-state index in [1.807, 2.05) is 19.3 Å². The van der Waals surface area contributed by atoms with Crippen LogP contribution in [0.4, 0.5) is 11.4 Å². The van der Waals surface area contributed by atoms with E-state index >= 15 is 0 Å². The molecule has 34 heavy (non-hydrogen) atoms. The number of hydrogen-bond acceptors (Lipinski definition) is 8. The predicted octanol–water partition coefficient (Wildman–Crippen LogP) is -0.695. The molecule has 0 fully saturated rings. The molecule has 3 aromatic rings. The van der Waals surface area contributed by atoms with Gasteiger partial charge in [-0.2, -0.15) is 0 Å². The highest BCUT2D eigenvalue weighted by molar-refractivity contribution is 5.84. The number of nitrogens with two attached hydrogens (primary N) is 2. The van der Waals surface area contributed by atoms with Crippen molar-refractivity contribution in [2.45, 2.75) is 13.3 Å². The van der Waals surface area contributed by atoms with Gasteiger partial charge in [0.25, 0.3) is 0 Å². The average molecular weight is 489 g/mol. The second kappa shape index (κ2) is 11.8. The van der Waals surface area contributed by atoms with Gasteiger partial charge >= 0.3 is 5.82 Å². The lowest BCUT2D eigenvalue weighted by Crippen LogP contribution is -3.00. The lowest BCUT2D eigenvalue weighted by Gasteiger charge is -2.10. The quantitative estimate of drug-likeness (QED) is 0.233. The highest BCUT2D eigenvalue weighted by Crippen LogP contribution is 2.33. The Morgan fingerprint density at radius 2 is 1.26 bits per heavy atom. The van der Waals surface area contributed by atoms with Gasteiger partial charge in [-0.3, -0.25) is 0 Å². The smallest absolute Gasteiger partial charge is 0.307 e. The number of aromatic nitrogens is 2. The molecule has 0 aliphatic carbocycles. The maximum Gasteiger partial charge on any atom is 0.307 e. The number of ether oxygens (including phenoxy) is 4. The van der Waals surface area contributed by atoms with Gasteiger partial charge in [0.2, 0.25) is 0 Å². The fraction of sp³-hybridized carbons (Fsp3) is 0.261. The minimum Gasteiger partial charge on any atom is -1.00 e. The van der Waals surface area contributed by atoms with E-state index in [1.165, 1.54) is 0 Å². The van der Waals surface area contributed by atoms with Crippen LogP contribution in [0.2, 0.25) is 0 Å². The van der Waals surface area contributed by atoms with Crippen molar-refractivity contribution in [2.75, 3.05) is 39.9 Å². The third-order valence-corrected chi connectivity index (χ3v) is 4.99. The molecule has 0 aliphatic heterocycles. The Bertz CT molecular complexity index is 1050. The van der Waals surface area contributed by atoms with Crippen LogP contribution in [0.15, 0.2) is 46.9 Å². The molecule has 4 N–H and O–H groups in total.